The van der Waals surface area contributed by atoms with Crippen molar-refractivity contribution in [3.05, 3.63) is 59.9 Å². The van der Waals surface area contributed by atoms with Crippen molar-refractivity contribution < 1.29 is 18.7 Å². The topological polar surface area (TPSA) is 35.5 Å². The molecule has 0 amide bonds. The van der Waals surface area contributed by atoms with Crippen LogP contribution in [0.15, 0.2) is 48.5 Å². The number of hydrogen-bond donors (Lipinski definition) is 0. The number of halogens is 1. The van der Waals surface area contributed by atoms with Crippen molar-refractivity contribution in [1.82, 2.24) is 0 Å². The Balaban J connectivity index is 2.42. The number of rotatable bonds is 4. The molecule has 2 aromatic rings. The minimum atomic E-state index is -0.437. The largest absolute Gasteiger partial charge is 0.497 e. The second-order valence-corrected chi connectivity index (χ2v) is 4.77. The van der Waals surface area contributed by atoms with Crippen molar-refractivity contribution in [1.29, 1.82) is 0 Å². The molecule has 0 aliphatic heterocycles. The zero-order chi connectivity index (χ0) is 16.1. The highest BCUT2D eigenvalue weighted by molar-refractivity contribution is 5.91. The molecule has 0 heterocycles. The van der Waals surface area contributed by atoms with Gasteiger partial charge in [-0.05, 0) is 47.9 Å². The Morgan fingerprint density at radius 1 is 1.09 bits per heavy atom. The van der Waals surface area contributed by atoms with E-state index in [0.717, 1.165) is 11.1 Å². The van der Waals surface area contributed by atoms with Crippen molar-refractivity contribution in [2.24, 2.45) is 0 Å². The summed E-state index contributed by atoms with van der Waals surface area (Å²) in [7, 11) is 2.90. The SMILES string of the molecule is COC(=O)/C=C(\C)c1ccc(F)c(-c2ccc(OC)cc2)c1. The van der Waals surface area contributed by atoms with E-state index in [9.17, 15) is 9.18 Å². The number of esters is 1. The zero-order valence-corrected chi connectivity index (χ0v) is 12.7. The number of carbonyl (C=O) groups excluding carboxylic acids is 1. The smallest absolute Gasteiger partial charge is 0.330 e. The summed E-state index contributed by atoms with van der Waals surface area (Å²) >= 11 is 0. The van der Waals surface area contributed by atoms with E-state index < -0.39 is 5.97 Å². The van der Waals surface area contributed by atoms with E-state index in [4.69, 9.17) is 4.74 Å². The lowest BCUT2D eigenvalue weighted by Crippen LogP contribution is -1.96. The van der Waals surface area contributed by atoms with E-state index in [1.807, 2.05) is 0 Å². The normalized spacial score (nSPS) is 11.2. The standard InChI is InChI=1S/C18H17FO3/c1-12(10-18(20)22-3)14-6-9-17(19)16(11-14)13-4-7-15(21-2)8-5-13/h4-11H,1-3H3/b12-10+. The van der Waals surface area contributed by atoms with Crippen LogP contribution >= 0.6 is 0 Å². The lowest BCUT2D eigenvalue weighted by Gasteiger charge is -2.08. The Labute approximate surface area is 129 Å². The molecule has 0 unspecified atom stereocenters. The summed E-state index contributed by atoms with van der Waals surface area (Å²) in [6.07, 6.45) is 1.38. The van der Waals surface area contributed by atoms with Gasteiger partial charge in [0.25, 0.3) is 0 Å². The quantitative estimate of drug-likeness (QED) is 0.630. The molecule has 0 atom stereocenters. The van der Waals surface area contributed by atoms with Gasteiger partial charge in [-0.2, -0.15) is 0 Å². The van der Waals surface area contributed by atoms with Crippen molar-refractivity contribution in [2.75, 3.05) is 14.2 Å². The van der Waals surface area contributed by atoms with Crippen LogP contribution in [0.4, 0.5) is 4.39 Å². The number of allylic oxidation sites excluding steroid dienone is 1. The maximum absolute atomic E-state index is 14.1. The van der Waals surface area contributed by atoms with Gasteiger partial charge < -0.3 is 9.47 Å². The lowest BCUT2D eigenvalue weighted by atomic mass is 9.99. The number of carbonyl (C=O) groups is 1. The molecule has 0 spiro atoms. The summed E-state index contributed by atoms with van der Waals surface area (Å²) in [4.78, 5) is 11.3. The first kappa shape index (κ1) is 15.8. The van der Waals surface area contributed by atoms with Crippen LogP contribution in [0.3, 0.4) is 0 Å². The maximum Gasteiger partial charge on any atom is 0.330 e. The first-order valence-corrected chi connectivity index (χ1v) is 6.75. The Kier molecular flexibility index (Phi) is 4.94. The van der Waals surface area contributed by atoms with Crippen LogP contribution in [0.2, 0.25) is 0 Å². The molecule has 4 heteroatoms. The first-order chi connectivity index (χ1) is 10.5. The molecule has 0 N–H and O–H groups in total. The highest BCUT2D eigenvalue weighted by Gasteiger charge is 2.08. The van der Waals surface area contributed by atoms with Gasteiger partial charge in [0.1, 0.15) is 11.6 Å². The van der Waals surface area contributed by atoms with E-state index >= 15 is 0 Å². The van der Waals surface area contributed by atoms with Crippen LogP contribution < -0.4 is 4.74 Å². The highest BCUT2D eigenvalue weighted by atomic mass is 19.1. The van der Waals surface area contributed by atoms with E-state index in [0.29, 0.717) is 16.9 Å². The zero-order valence-electron chi connectivity index (χ0n) is 12.7. The Morgan fingerprint density at radius 3 is 2.36 bits per heavy atom. The molecule has 0 bridgehead atoms. The molecule has 0 saturated heterocycles. The average molecular weight is 300 g/mol. The minimum absolute atomic E-state index is 0.320. The number of benzene rings is 2. The van der Waals surface area contributed by atoms with Gasteiger partial charge in [-0.3, -0.25) is 0 Å². The molecule has 22 heavy (non-hydrogen) atoms. The summed E-state index contributed by atoms with van der Waals surface area (Å²) in [6, 6.07) is 11.9. The highest BCUT2D eigenvalue weighted by Crippen LogP contribution is 2.28. The Hall–Kier alpha value is -2.62. The summed E-state index contributed by atoms with van der Waals surface area (Å²) in [5.74, 6) is -0.0466. The monoisotopic (exact) mass is 300 g/mol. The predicted octanol–water partition coefficient (Wildman–Crippen LogP) is 4.08. The van der Waals surface area contributed by atoms with Crippen molar-refractivity contribution in [3.8, 4) is 16.9 Å². The molecule has 0 aromatic heterocycles. The van der Waals surface area contributed by atoms with Crippen molar-refractivity contribution in [2.45, 2.75) is 6.92 Å². The van der Waals surface area contributed by atoms with E-state index in [1.165, 1.54) is 19.3 Å². The number of methoxy groups -OCH3 is 2. The molecule has 0 aliphatic carbocycles. The molecule has 2 aromatic carbocycles. The molecule has 3 nitrogen and oxygen atoms in total. The van der Waals surface area contributed by atoms with Gasteiger partial charge in [-0.1, -0.05) is 18.2 Å². The van der Waals surface area contributed by atoms with Gasteiger partial charge in [-0.25, -0.2) is 9.18 Å². The predicted molar refractivity (Wildman–Crippen MR) is 84.1 cm³/mol. The molecule has 0 saturated carbocycles. The molecule has 0 fully saturated rings. The second kappa shape index (κ2) is 6.89. The van der Waals surface area contributed by atoms with Crippen LogP contribution in [0.5, 0.6) is 5.75 Å². The molecular formula is C18H17FO3. The van der Waals surface area contributed by atoms with E-state index in [-0.39, 0.29) is 5.82 Å². The van der Waals surface area contributed by atoms with E-state index in [1.54, 1.807) is 50.4 Å². The fraction of sp³-hybridized carbons (Fsp3) is 0.167. The third-order valence-electron chi connectivity index (χ3n) is 3.36. The summed E-state index contributed by atoms with van der Waals surface area (Å²) in [6.45, 7) is 1.78. The summed E-state index contributed by atoms with van der Waals surface area (Å²) < 4.78 is 23.8. The van der Waals surface area contributed by atoms with E-state index in [2.05, 4.69) is 4.74 Å². The third kappa shape index (κ3) is 3.52. The second-order valence-electron chi connectivity index (χ2n) is 4.77. The minimum Gasteiger partial charge on any atom is -0.497 e. The molecule has 0 radical (unpaired) electrons. The van der Waals surface area contributed by atoms with Crippen LogP contribution in [0.25, 0.3) is 16.7 Å². The van der Waals surface area contributed by atoms with Gasteiger partial charge in [0.05, 0.1) is 14.2 Å². The number of ether oxygens (including phenoxy) is 2. The fourth-order valence-electron chi connectivity index (χ4n) is 2.08. The lowest BCUT2D eigenvalue weighted by molar-refractivity contribution is -0.134. The molecular weight excluding hydrogens is 283 g/mol. The van der Waals surface area contributed by atoms with Crippen LogP contribution in [-0.4, -0.2) is 20.2 Å². The molecule has 2 rings (SSSR count). The van der Waals surface area contributed by atoms with Gasteiger partial charge in [0, 0.05) is 11.6 Å². The maximum atomic E-state index is 14.1. The van der Waals surface area contributed by atoms with Gasteiger partial charge >= 0.3 is 5.97 Å². The Bertz CT molecular complexity index is 703. The Morgan fingerprint density at radius 2 is 1.77 bits per heavy atom. The first-order valence-electron chi connectivity index (χ1n) is 6.75. The summed E-state index contributed by atoms with van der Waals surface area (Å²) in [5, 5.41) is 0. The van der Waals surface area contributed by atoms with Gasteiger partial charge in [-0.15, -0.1) is 0 Å². The van der Waals surface area contributed by atoms with Crippen molar-refractivity contribution in [3.63, 3.8) is 0 Å². The number of hydrogen-bond acceptors (Lipinski definition) is 3. The average Bonchev–Trinajstić information content (AvgIpc) is 2.55. The molecule has 0 aliphatic rings. The van der Waals surface area contributed by atoms with Crippen LogP contribution in [0.1, 0.15) is 12.5 Å². The van der Waals surface area contributed by atoms with Crippen LogP contribution in [0, 0.1) is 5.82 Å². The van der Waals surface area contributed by atoms with Gasteiger partial charge in [0.2, 0.25) is 0 Å². The summed E-state index contributed by atoms with van der Waals surface area (Å²) in [5.41, 5.74) is 2.68. The van der Waals surface area contributed by atoms with Crippen LogP contribution in [-0.2, 0) is 9.53 Å². The fourth-order valence-corrected chi connectivity index (χ4v) is 2.08. The molecule has 114 valence electrons. The third-order valence-corrected chi connectivity index (χ3v) is 3.36. The van der Waals surface area contributed by atoms with Gasteiger partial charge in [0.15, 0.2) is 0 Å². The van der Waals surface area contributed by atoms with Crippen molar-refractivity contribution >= 4 is 11.5 Å².